The van der Waals surface area contributed by atoms with Gasteiger partial charge >= 0.3 is 6.03 Å². The quantitative estimate of drug-likeness (QED) is 0.554. The van der Waals surface area contributed by atoms with Crippen LogP contribution in [0.1, 0.15) is 37.8 Å². The number of carbonyl (C=O) groups is 2. The molecule has 3 N–H and O–H groups in total. The summed E-state index contributed by atoms with van der Waals surface area (Å²) < 4.78 is 16.6. The molecule has 2 aromatic rings. The first-order chi connectivity index (χ1) is 16.5. The van der Waals surface area contributed by atoms with Crippen LogP contribution in [0.5, 0.6) is 11.5 Å². The molecule has 0 aromatic heterocycles. The first-order valence-electron chi connectivity index (χ1n) is 11.8. The highest BCUT2D eigenvalue weighted by Gasteiger charge is 2.37. The van der Waals surface area contributed by atoms with Crippen LogP contribution in [-0.2, 0) is 21.5 Å². The number of nitrogens with one attached hydrogen (secondary N) is 3. The molecular weight excluding hydrogens is 434 g/mol. The second-order valence-corrected chi connectivity index (χ2v) is 9.21. The molecule has 0 spiro atoms. The van der Waals surface area contributed by atoms with E-state index < -0.39 is 6.04 Å². The van der Waals surface area contributed by atoms with Crippen molar-refractivity contribution in [2.75, 3.05) is 26.6 Å². The number of ether oxygens (including phenoxy) is 3. The Balaban J connectivity index is 1.39. The van der Waals surface area contributed by atoms with E-state index in [1.807, 2.05) is 62.4 Å². The summed E-state index contributed by atoms with van der Waals surface area (Å²) in [5.74, 6) is 1.20. The highest BCUT2D eigenvalue weighted by Crippen LogP contribution is 2.40. The van der Waals surface area contributed by atoms with Gasteiger partial charge in [0.2, 0.25) is 12.7 Å². The molecule has 0 saturated carbocycles. The van der Waals surface area contributed by atoms with Crippen LogP contribution in [0.2, 0.25) is 0 Å². The van der Waals surface area contributed by atoms with Gasteiger partial charge in [-0.3, -0.25) is 4.79 Å². The largest absolute Gasteiger partial charge is 0.454 e. The zero-order chi connectivity index (χ0) is 24.0. The van der Waals surface area contributed by atoms with E-state index in [0.717, 1.165) is 35.5 Å². The number of hydrogen-bond donors (Lipinski definition) is 3. The smallest absolute Gasteiger partial charge is 0.315 e. The van der Waals surface area contributed by atoms with Crippen LogP contribution >= 0.6 is 0 Å². The monoisotopic (exact) mass is 467 g/mol. The molecule has 4 rings (SSSR count). The van der Waals surface area contributed by atoms with Crippen molar-refractivity contribution in [1.29, 1.82) is 0 Å². The number of rotatable bonds is 8. The molecule has 2 aliphatic heterocycles. The molecule has 1 fully saturated rings. The maximum atomic E-state index is 13.2. The van der Waals surface area contributed by atoms with E-state index in [1.54, 1.807) is 0 Å². The molecule has 2 aromatic carbocycles. The van der Waals surface area contributed by atoms with E-state index in [4.69, 9.17) is 14.2 Å². The van der Waals surface area contributed by atoms with Gasteiger partial charge in [-0.05, 0) is 42.0 Å². The Morgan fingerprint density at radius 2 is 1.71 bits per heavy atom. The second-order valence-electron chi connectivity index (χ2n) is 9.21. The van der Waals surface area contributed by atoms with Crippen LogP contribution in [0.3, 0.4) is 0 Å². The highest BCUT2D eigenvalue weighted by molar-refractivity contribution is 5.87. The van der Waals surface area contributed by atoms with E-state index in [-0.39, 0.29) is 30.1 Å². The summed E-state index contributed by atoms with van der Waals surface area (Å²) in [6.45, 7) is 6.15. The van der Waals surface area contributed by atoms with Crippen molar-refractivity contribution < 1.29 is 23.8 Å². The van der Waals surface area contributed by atoms with Crippen LogP contribution < -0.4 is 25.4 Å². The van der Waals surface area contributed by atoms with E-state index in [1.165, 1.54) is 0 Å². The summed E-state index contributed by atoms with van der Waals surface area (Å²) in [6, 6.07) is 14.6. The van der Waals surface area contributed by atoms with Crippen LogP contribution in [0.25, 0.3) is 0 Å². The Hall–Kier alpha value is -3.26. The molecule has 2 aliphatic rings. The number of benzene rings is 2. The Bertz CT molecular complexity index is 989. The minimum absolute atomic E-state index is 0.0707. The van der Waals surface area contributed by atoms with E-state index >= 15 is 0 Å². The summed E-state index contributed by atoms with van der Waals surface area (Å²) in [5, 5.41) is 8.78. The molecule has 2 heterocycles. The maximum Gasteiger partial charge on any atom is 0.315 e. The van der Waals surface area contributed by atoms with Crippen molar-refractivity contribution in [2.45, 2.75) is 44.7 Å². The lowest BCUT2D eigenvalue weighted by atomic mass is 9.74. The lowest BCUT2D eigenvalue weighted by Crippen LogP contribution is -2.54. The molecule has 3 amide bonds. The van der Waals surface area contributed by atoms with Crippen molar-refractivity contribution in [2.24, 2.45) is 5.92 Å². The molecule has 182 valence electrons. The third-order valence-corrected chi connectivity index (χ3v) is 6.57. The molecule has 1 unspecified atom stereocenters. The summed E-state index contributed by atoms with van der Waals surface area (Å²) >= 11 is 0. The van der Waals surface area contributed by atoms with Crippen molar-refractivity contribution >= 4 is 11.9 Å². The van der Waals surface area contributed by atoms with Gasteiger partial charge in [-0.25, -0.2) is 4.79 Å². The second kappa shape index (κ2) is 10.8. The van der Waals surface area contributed by atoms with E-state index in [2.05, 4.69) is 16.0 Å². The van der Waals surface area contributed by atoms with Crippen molar-refractivity contribution in [3.63, 3.8) is 0 Å². The number of fused-ring (bicyclic) bond motifs is 1. The van der Waals surface area contributed by atoms with Crippen LogP contribution in [-0.4, -0.2) is 44.5 Å². The molecule has 34 heavy (non-hydrogen) atoms. The third-order valence-electron chi connectivity index (χ3n) is 6.57. The molecule has 1 atom stereocenters. The number of amides is 3. The van der Waals surface area contributed by atoms with Crippen molar-refractivity contribution in [1.82, 2.24) is 16.0 Å². The van der Waals surface area contributed by atoms with Crippen molar-refractivity contribution in [3.05, 3.63) is 59.7 Å². The normalized spacial score (nSPS) is 17.1. The zero-order valence-electron chi connectivity index (χ0n) is 19.8. The maximum absolute atomic E-state index is 13.2. The first-order valence-corrected chi connectivity index (χ1v) is 11.8. The number of carbonyl (C=O) groups excluding carboxylic acids is 2. The fraction of sp³-hybridized carbons (Fsp3) is 0.462. The SMILES string of the molecule is CC(C)C(NC(=O)NCc1ccccc1)C(=O)NCC1(c2ccc3c(c2)OCO3)CCOCC1. The number of urea groups is 1. The van der Waals surface area contributed by atoms with E-state index in [0.29, 0.717) is 26.3 Å². The van der Waals surface area contributed by atoms with Gasteiger partial charge in [0.1, 0.15) is 6.04 Å². The number of hydrogen-bond acceptors (Lipinski definition) is 5. The van der Waals surface area contributed by atoms with Gasteiger partial charge in [-0.2, -0.15) is 0 Å². The van der Waals surface area contributed by atoms with Crippen LogP contribution in [0.4, 0.5) is 4.79 Å². The average Bonchev–Trinajstić information content (AvgIpc) is 3.34. The molecule has 0 radical (unpaired) electrons. The summed E-state index contributed by atoms with van der Waals surface area (Å²) in [4.78, 5) is 25.7. The lowest BCUT2D eigenvalue weighted by Gasteiger charge is -2.38. The predicted molar refractivity (Wildman–Crippen MR) is 128 cm³/mol. The fourth-order valence-electron chi connectivity index (χ4n) is 4.43. The molecular formula is C26H33N3O5. The topological polar surface area (TPSA) is 97.9 Å². The fourth-order valence-corrected chi connectivity index (χ4v) is 4.43. The Kier molecular flexibility index (Phi) is 7.57. The van der Waals surface area contributed by atoms with Crippen LogP contribution in [0.15, 0.2) is 48.5 Å². The predicted octanol–water partition coefficient (Wildman–Crippen LogP) is 3.10. The van der Waals surface area contributed by atoms with Crippen molar-refractivity contribution in [3.8, 4) is 11.5 Å². The summed E-state index contributed by atoms with van der Waals surface area (Å²) in [6.07, 6.45) is 1.56. The standard InChI is InChI=1S/C26H33N3O5/c1-18(2)23(29-25(31)27-15-19-6-4-3-5-7-19)24(30)28-16-26(10-12-32-13-11-26)20-8-9-21-22(14-20)34-17-33-21/h3-9,14,18,23H,10-13,15-17H2,1-2H3,(H,28,30)(H2,27,29,31). The van der Waals surface area contributed by atoms with Gasteiger partial charge in [0.25, 0.3) is 0 Å². The molecule has 0 aliphatic carbocycles. The Morgan fingerprint density at radius 3 is 2.44 bits per heavy atom. The highest BCUT2D eigenvalue weighted by atomic mass is 16.7. The van der Waals surface area contributed by atoms with Gasteiger partial charge in [-0.1, -0.05) is 50.2 Å². The van der Waals surface area contributed by atoms with Gasteiger partial charge in [0.05, 0.1) is 0 Å². The first kappa shape index (κ1) is 23.9. The Labute approximate surface area is 200 Å². The molecule has 0 bridgehead atoms. The minimum Gasteiger partial charge on any atom is -0.454 e. The Morgan fingerprint density at radius 1 is 0.971 bits per heavy atom. The summed E-state index contributed by atoms with van der Waals surface area (Å²) in [5.41, 5.74) is 1.81. The average molecular weight is 468 g/mol. The van der Waals surface area contributed by atoms with Crippen LogP contribution in [0, 0.1) is 5.92 Å². The lowest BCUT2D eigenvalue weighted by molar-refractivity contribution is -0.124. The molecule has 8 heteroatoms. The summed E-state index contributed by atoms with van der Waals surface area (Å²) in [7, 11) is 0. The zero-order valence-corrected chi connectivity index (χ0v) is 19.8. The minimum atomic E-state index is -0.649. The van der Waals surface area contributed by atoms with Gasteiger partial charge in [0.15, 0.2) is 11.5 Å². The van der Waals surface area contributed by atoms with Gasteiger partial charge in [0, 0.05) is 31.7 Å². The van der Waals surface area contributed by atoms with E-state index in [9.17, 15) is 9.59 Å². The molecule has 8 nitrogen and oxygen atoms in total. The molecule has 1 saturated heterocycles. The van der Waals surface area contributed by atoms with Gasteiger partial charge in [-0.15, -0.1) is 0 Å². The van der Waals surface area contributed by atoms with Gasteiger partial charge < -0.3 is 30.2 Å². The third kappa shape index (κ3) is 5.62.